The van der Waals surface area contributed by atoms with E-state index in [1.54, 1.807) is 23.1 Å². The molecule has 98 valence electrons. The molecule has 1 fully saturated rings. The molecule has 0 aliphatic carbocycles. The summed E-state index contributed by atoms with van der Waals surface area (Å²) in [5.41, 5.74) is 6.67. The summed E-state index contributed by atoms with van der Waals surface area (Å²) in [5, 5.41) is 0.395. The normalized spacial score (nSPS) is 24.1. The van der Waals surface area contributed by atoms with Crippen molar-refractivity contribution in [3.8, 4) is 0 Å². The molecule has 0 bridgehead atoms. The number of nitrogens with zero attached hydrogens (tertiary/aromatic N) is 1. The van der Waals surface area contributed by atoms with Crippen LogP contribution in [-0.4, -0.2) is 36.1 Å². The molecule has 4 nitrogen and oxygen atoms in total. The molecular formula is C13H17ClN2O2. The number of amides is 1. The molecule has 0 spiro atoms. The van der Waals surface area contributed by atoms with Crippen molar-refractivity contribution < 1.29 is 9.53 Å². The van der Waals surface area contributed by atoms with Crippen LogP contribution in [0.5, 0.6) is 0 Å². The molecule has 2 rings (SSSR count). The SMILES string of the molecule is C[C@@H]1CN(C(=O)c2ccc(N)cc2Cl)C[C@@H](C)O1. The molecule has 5 heteroatoms. The first-order chi connectivity index (χ1) is 8.47. The van der Waals surface area contributed by atoms with E-state index in [1.807, 2.05) is 13.8 Å². The third-order valence-electron chi connectivity index (χ3n) is 2.93. The fraction of sp³-hybridized carbons (Fsp3) is 0.462. The number of benzene rings is 1. The first kappa shape index (κ1) is 13.2. The minimum Gasteiger partial charge on any atom is -0.399 e. The Morgan fingerprint density at radius 3 is 2.56 bits per heavy atom. The van der Waals surface area contributed by atoms with Crippen molar-refractivity contribution in [3.05, 3.63) is 28.8 Å². The Hall–Kier alpha value is -1.26. The number of ether oxygens (including phenoxy) is 1. The van der Waals surface area contributed by atoms with Crippen molar-refractivity contribution in [3.63, 3.8) is 0 Å². The van der Waals surface area contributed by atoms with Crippen molar-refractivity contribution in [1.29, 1.82) is 0 Å². The van der Waals surface area contributed by atoms with Gasteiger partial charge in [0.25, 0.3) is 5.91 Å². The van der Waals surface area contributed by atoms with Crippen LogP contribution in [0.2, 0.25) is 5.02 Å². The van der Waals surface area contributed by atoms with Crippen molar-refractivity contribution in [2.45, 2.75) is 26.1 Å². The van der Waals surface area contributed by atoms with E-state index in [4.69, 9.17) is 22.1 Å². The van der Waals surface area contributed by atoms with E-state index < -0.39 is 0 Å². The van der Waals surface area contributed by atoms with Crippen molar-refractivity contribution in [2.24, 2.45) is 0 Å². The lowest BCUT2D eigenvalue weighted by molar-refractivity contribution is -0.0586. The lowest BCUT2D eigenvalue weighted by Gasteiger charge is -2.35. The Morgan fingerprint density at radius 1 is 1.39 bits per heavy atom. The minimum atomic E-state index is -0.0676. The van der Waals surface area contributed by atoms with Gasteiger partial charge in [-0.25, -0.2) is 0 Å². The topological polar surface area (TPSA) is 55.6 Å². The molecule has 0 aromatic heterocycles. The van der Waals surface area contributed by atoms with Crippen LogP contribution in [0.3, 0.4) is 0 Å². The van der Waals surface area contributed by atoms with Crippen molar-refractivity contribution >= 4 is 23.2 Å². The summed E-state index contributed by atoms with van der Waals surface area (Å²) in [6.45, 7) is 5.09. The molecular weight excluding hydrogens is 252 g/mol. The number of anilines is 1. The van der Waals surface area contributed by atoms with Gasteiger partial charge in [0.1, 0.15) is 0 Å². The summed E-state index contributed by atoms with van der Waals surface area (Å²) in [7, 11) is 0. The third kappa shape index (κ3) is 2.76. The number of halogens is 1. The van der Waals surface area contributed by atoms with Gasteiger partial charge in [-0.05, 0) is 32.0 Å². The van der Waals surface area contributed by atoms with Gasteiger partial charge in [0.05, 0.1) is 22.8 Å². The zero-order valence-corrected chi connectivity index (χ0v) is 11.3. The van der Waals surface area contributed by atoms with Gasteiger partial charge in [0.2, 0.25) is 0 Å². The van der Waals surface area contributed by atoms with Crippen molar-refractivity contribution in [1.82, 2.24) is 4.90 Å². The van der Waals surface area contributed by atoms with Gasteiger partial charge >= 0.3 is 0 Å². The fourth-order valence-electron chi connectivity index (χ4n) is 2.22. The van der Waals surface area contributed by atoms with Gasteiger partial charge in [-0.1, -0.05) is 11.6 Å². The average molecular weight is 269 g/mol. The molecule has 0 unspecified atom stereocenters. The van der Waals surface area contributed by atoms with Gasteiger partial charge in [-0.15, -0.1) is 0 Å². The summed E-state index contributed by atoms with van der Waals surface area (Å²) >= 11 is 6.06. The first-order valence-corrected chi connectivity index (χ1v) is 6.35. The second kappa shape index (κ2) is 5.16. The van der Waals surface area contributed by atoms with Gasteiger partial charge in [-0.3, -0.25) is 4.79 Å². The fourth-order valence-corrected chi connectivity index (χ4v) is 2.49. The standard InChI is InChI=1S/C13H17ClN2O2/c1-8-6-16(7-9(2)18-8)13(17)11-4-3-10(15)5-12(11)14/h3-5,8-9H,6-7,15H2,1-2H3/t8-,9-/m1/s1. The summed E-state index contributed by atoms with van der Waals surface area (Å²) in [5.74, 6) is -0.0676. The Labute approximate surface area is 112 Å². The number of carbonyl (C=O) groups is 1. The number of rotatable bonds is 1. The summed E-state index contributed by atoms with van der Waals surface area (Å²) in [6.07, 6.45) is 0.0931. The summed E-state index contributed by atoms with van der Waals surface area (Å²) in [4.78, 5) is 14.1. The van der Waals surface area contributed by atoms with Crippen LogP contribution in [0.1, 0.15) is 24.2 Å². The third-order valence-corrected chi connectivity index (χ3v) is 3.24. The molecule has 1 saturated heterocycles. The van der Waals surface area contributed by atoms with Crippen LogP contribution in [0, 0.1) is 0 Å². The summed E-state index contributed by atoms with van der Waals surface area (Å²) in [6, 6.07) is 4.96. The van der Waals surface area contributed by atoms with Gasteiger partial charge in [-0.2, -0.15) is 0 Å². The second-order valence-corrected chi connectivity index (χ2v) is 5.11. The van der Waals surface area contributed by atoms with E-state index in [9.17, 15) is 4.79 Å². The highest BCUT2D eigenvalue weighted by Crippen LogP contribution is 2.22. The van der Waals surface area contributed by atoms with Gasteiger partial charge in [0, 0.05) is 18.8 Å². The maximum Gasteiger partial charge on any atom is 0.255 e. The Balaban J connectivity index is 2.20. The maximum absolute atomic E-state index is 12.4. The zero-order valence-electron chi connectivity index (χ0n) is 10.5. The molecule has 1 aliphatic heterocycles. The van der Waals surface area contributed by atoms with Gasteiger partial charge < -0.3 is 15.4 Å². The Morgan fingerprint density at radius 2 is 2.00 bits per heavy atom. The van der Waals surface area contributed by atoms with Crippen LogP contribution in [0.4, 0.5) is 5.69 Å². The number of hydrogen-bond acceptors (Lipinski definition) is 3. The zero-order chi connectivity index (χ0) is 13.3. The molecule has 2 N–H and O–H groups in total. The quantitative estimate of drug-likeness (QED) is 0.794. The van der Waals surface area contributed by atoms with Crippen LogP contribution in [-0.2, 0) is 4.74 Å². The molecule has 18 heavy (non-hydrogen) atoms. The molecule has 2 atom stereocenters. The smallest absolute Gasteiger partial charge is 0.255 e. The van der Waals surface area contributed by atoms with E-state index in [-0.39, 0.29) is 18.1 Å². The van der Waals surface area contributed by atoms with E-state index in [1.165, 1.54) is 0 Å². The number of nitrogen functional groups attached to an aromatic ring is 1. The predicted octanol–water partition coefficient (Wildman–Crippen LogP) is 2.17. The van der Waals surface area contributed by atoms with Crippen LogP contribution >= 0.6 is 11.6 Å². The lowest BCUT2D eigenvalue weighted by Crippen LogP contribution is -2.48. The molecule has 1 aliphatic rings. The predicted molar refractivity (Wildman–Crippen MR) is 71.8 cm³/mol. The van der Waals surface area contributed by atoms with Crippen molar-refractivity contribution in [2.75, 3.05) is 18.8 Å². The van der Waals surface area contributed by atoms with E-state index in [0.717, 1.165) is 0 Å². The van der Waals surface area contributed by atoms with E-state index in [2.05, 4.69) is 0 Å². The minimum absolute atomic E-state index is 0.0465. The first-order valence-electron chi connectivity index (χ1n) is 5.97. The largest absolute Gasteiger partial charge is 0.399 e. The molecule has 1 heterocycles. The number of hydrogen-bond donors (Lipinski definition) is 1. The lowest BCUT2D eigenvalue weighted by atomic mass is 10.1. The monoisotopic (exact) mass is 268 g/mol. The Kier molecular flexibility index (Phi) is 3.78. The average Bonchev–Trinajstić information content (AvgIpc) is 2.26. The summed E-state index contributed by atoms with van der Waals surface area (Å²) < 4.78 is 5.60. The molecule has 0 saturated carbocycles. The maximum atomic E-state index is 12.4. The molecule has 1 amide bonds. The van der Waals surface area contributed by atoms with Crippen LogP contribution in [0.15, 0.2) is 18.2 Å². The molecule has 0 radical (unpaired) electrons. The number of carbonyl (C=O) groups excluding carboxylic acids is 1. The number of morpholine rings is 1. The van der Waals surface area contributed by atoms with Crippen LogP contribution < -0.4 is 5.73 Å². The van der Waals surface area contributed by atoms with E-state index in [0.29, 0.717) is 29.4 Å². The highest BCUT2D eigenvalue weighted by atomic mass is 35.5. The second-order valence-electron chi connectivity index (χ2n) is 4.71. The van der Waals surface area contributed by atoms with E-state index >= 15 is 0 Å². The highest BCUT2D eigenvalue weighted by Gasteiger charge is 2.27. The molecule has 1 aromatic rings. The highest BCUT2D eigenvalue weighted by molar-refractivity contribution is 6.34. The molecule has 1 aromatic carbocycles. The van der Waals surface area contributed by atoms with Gasteiger partial charge in [0.15, 0.2) is 0 Å². The Bertz CT molecular complexity index is 454. The van der Waals surface area contributed by atoms with Crippen LogP contribution in [0.25, 0.3) is 0 Å². The number of nitrogens with two attached hydrogens (primary N) is 1.